The lowest BCUT2D eigenvalue weighted by Crippen LogP contribution is -2.34. The number of nitrogens with zero attached hydrogens (tertiary/aromatic N) is 2. The Morgan fingerprint density at radius 2 is 2.06 bits per heavy atom. The molecule has 1 aromatic heterocycles. The Hall–Kier alpha value is -1.36. The Morgan fingerprint density at radius 1 is 1.44 bits per heavy atom. The Morgan fingerprint density at radius 3 is 2.50 bits per heavy atom. The van der Waals surface area contributed by atoms with Crippen LogP contribution in [0.15, 0.2) is 12.3 Å². The van der Waals surface area contributed by atoms with Crippen molar-refractivity contribution < 1.29 is 9.90 Å². The molecule has 0 saturated heterocycles. The number of rotatable bonds is 7. The Bertz CT molecular complexity index is 381. The van der Waals surface area contributed by atoms with Crippen LogP contribution >= 0.6 is 0 Å². The number of carbonyl (C=O) groups excluding carboxylic acids is 1. The predicted octanol–water partition coefficient (Wildman–Crippen LogP) is 2.08. The highest BCUT2D eigenvalue weighted by Gasteiger charge is 2.28. The molecule has 1 heterocycles. The van der Waals surface area contributed by atoms with Crippen LogP contribution in [0.2, 0.25) is 0 Å². The quantitative estimate of drug-likeness (QED) is 0.781. The van der Waals surface area contributed by atoms with Crippen molar-refractivity contribution in [1.82, 2.24) is 9.78 Å². The van der Waals surface area contributed by atoms with Crippen LogP contribution in [0, 0.1) is 0 Å². The van der Waals surface area contributed by atoms with E-state index in [2.05, 4.69) is 10.4 Å². The van der Waals surface area contributed by atoms with E-state index in [1.54, 1.807) is 24.0 Å². The van der Waals surface area contributed by atoms with Gasteiger partial charge >= 0.3 is 0 Å². The highest BCUT2D eigenvalue weighted by molar-refractivity contribution is 5.90. The number of anilines is 1. The average Bonchev–Trinajstić information content (AvgIpc) is 2.64. The monoisotopic (exact) mass is 253 g/mol. The molecule has 0 radical (unpaired) electrons. The molecule has 1 aromatic rings. The molecule has 0 aliphatic rings. The topological polar surface area (TPSA) is 67.2 Å². The first-order valence-electron chi connectivity index (χ1n) is 6.51. The number of aromatic nitrogens is 2. The van der Waals surface area contributed by atoms with Gasteiger partial charge in [0, 0.05) is 13.1 Å². The number of hydrogen-bond acceptors (Lipinski definition) is 3. The van der Waals surface area contributed by atoms with Gasteiger partial charge in [0.15, 0.2) is 0 Å². The minimum Gasteiger partial charge on any atom is -0.389 e. The van der Waals surface area contributed by atoms with Gasteiger partial charge < -0.3 is 10.4 Å². The van der Waals surface area contributed by atoms with E-state index in [0.717, 1.165) is 12.8 Å². The number of aryl methyl sites for hydroxylation is 1. The van der Waals surface area contributed by atoms with E-state index in [0.29, 0.717) is 18.7 Å². The van der Waals surface area contributed by atoms with Gasteiger partial charge in [-0.1, -0.05) is 26.7 Å². The molecule has 1 amide bonds. The van der Waals surface area contributed by atoms with E-state index in [1.807, 2.05) is 13.8 Å². The summed E-state index contributed by atoms with van der Waals surface area (Å²) >= 11 is 0. The van der Waals surface area contributed by atoms with Crippen molar-refractivity contribution in [1.29, 1.82) is 0 Å². The number of aliphatic hydroxyl groups is 1. The molecule has 0 fully saturated rings. The molecule has 102 valence electrons. The predicted molar refractivity (Wildman–Crippen MR) is 71.2 cm³/mol. The van der Waals surface area contributed by atoms with Crippen LogP contribution in [0.5, 0.6) is 0 Å². The maximum absolute atomic E-state index is 11.9. The molecule has 2 N–H and O–H groups in total. The lowest BCUT2D eigenvalue weighted by molar-refractivity contribution is -0.121. The van der Waals surface area contributed by atoms with E-state index in [-0.39, 0.29) is 12.3 Å². The second-order valence-corrected chi connectivity index (χ2v) is 4.79. The number of nitrogens with one attached hydrogen (secondary N) is 1. The van der Waals surface area contributed by atoms with Gasteiger partial charge in [0.1, 0.15) is 5.82 Å². The molecule has 5 heteroatoms. The zero-order valence-electron chi connectivity index (χ0n) is 11.4. The Balaban J connectivity index is 2.59. The van der Waals surface area contributed by atoms with Gasteiger partial charge in [-0.2, -0.15) is 5.10 Å². The molecule has 18 heavy (non-hydrogen) atoms. The number of carbonyl (C=O) groups is 1. The summed E-state index contributed by atoms with van der Waals surface area (Å²) in [5.41, 5.74) is -0.883. The van der Waals surface area contributed by atoms with Gasteiger partial charge in [-0.05, 0) is 12.8 Å². The SMILES string of the molecule is CCCC(O)(CCC)CC(=O)Nc1ccnn1C. The summed E-state index contributed by atoms with van der Waals surface area (Å²) in [6, 6.07) is 1.73. The van der Waals surface area contributed by atoms with E-state index in [1.165, 1.54) is 0 Å². The fraction of sp³-hybridized carbons (Fsp3) is 0.692. The molecule has 0 bridgehead atoms. The summed E-state index contributed by atoms with van der Waals surface area (Å²) in [5, 5.41) is 17.1. The molecular formula is C13H23N3O2. The number of hydrogen-bond donors (Lipinski definition) is 2. The summed E-state index contributed by atoms with van der Waals surface area (Å²) < 4.78 is 1.59. The largest absolute Gasteiger partial charge is 0.389 e. The first-order chi connectivity index (χ1) is 8.50. The summed E-state index contributed by atoms with van der Waals surface area (Å²) in [7, 11) is 1.76. The van der Waals surface area contributed by atoms with Crippen molar-refractivity contribution in [2.24, 2.45) is 7.05 Å². The Labute approximate surface area is 108 Å². The van der Waals surface area contributed by atoms with E-state index >= 15 is 0 Å². The summed E-state index contributed by atoms with van der Waals surface area (Å²) in [4.78, 5) is 11.9. The van der Waals surface area contributed by atoms with Gasteiger partial charge in [-0.25, -0.2) is 0 Å². The van der Waals surface area contributed by atoms with Gasteiger partial charge in [0.05, 0.1) is 18.2 Å². The molecule has 1 rings (SSSR count). The van der Waals surface area contributed by atoms with Crippen molar-refractivity contribution in [3.05, 3.63) is 12.3 Å². The second kappa shape index (κ2) is 6.54. The molecule has 0 spiro atoms. The van der Waals surface area contributed by atoms with Crippen LogP contribution in [0.3, 0.4) is 0 Å². The zero-order valence-corrected chi connectivity index (χ0v) is 11.4. The van der Waals surface area contributed by atoms with Crippen LogP contribution in [0.25, 0.3) is 0 Å². The fourth-order valence-corrected chi connectivity index (χ4v) is 2.21. The molecule has 5 nitrogen and oxygen atoms in total. The lowest BCUT2D eigenvalue weighted by Gasteiger charge is -2.26. The van der Waals surface area contributed by atoms with Crippen molar-refractivity contribution in [3.8, 4) is 0 Å². The first-order valence-corrected chi connectivity index (χ1v) is 6.51. The van der Waals surface area contributed by atoms with Crippen LogP contribution in [0.4, 0.5) is 5.82 Å². The molecule has 0 atom stereocenters. The standard InChI is InChI=1S/C13H23N3O2/c1-4-7-13(18,8-5-2)10-12(17)15-11-6-9-14-16(11)3/h6,9,18H,4-5,7-8,10H2,1-3H3,(H,15,17). The third-order valence-electron chi connectivity index (χ3n) is 3.01. The van der Waals surface area contributed by atoms with Crippen molar-refractivity contribution in [2.45, 2.75) is 51.6 Å². The maximum atomic E-state index is 11.9. The molecule has 0 aliphatic heterocycles. The van der Waals surface area contributed by atoms with Gasteiger partial charge in [-0.15, -0.1) is 0 Å². The van der Waals surface area contributed by atoms with Crippen molar-refractivity contribution >= 4 is 11.7 Å². The molecule has 0 saturated carbocycles. The smallest absolute Gasteiger partial charge is 0.228 e. The third kappa shape index (κ3) is 4.14. The third-order valence-corrected chi connectivity index (χ3v) is 3.01. The van der Waals surface area contributed by atoms with Crippen LogP contribution in [0.1, 0.15) is 46.0 Å². The van der Waals surface area contributed by atoms with E-state index < -0.39 is 5.60 Å². The van der Waals surface area contributed by atoms with Crippen molar-refractivity contribution in [3.63, 3.8) is 0 Å². The molecule has 0 unspecified atom stereocenters. The minimum atomic E-state index is -0.883. The Kier molecular flexibility index (Phi) is 5.34. The van der Waals surface area contributed by atoms with Crippen LogP contribution in [-0.2, 0) is 11.8 Å². The maximum Gasteiger partial charge on any atom is 0.228 e. The minimum absolute atomic E-state index is 0.139. The molecular weight excluding hydrogens is 230 g/mol. The summed E-state index contributed by atoms with van der Waals surface area (Å²) in [5.74, 6) is 0.485. The zero-order chi connectivity index (χ0) is 13.6. The van der Waals surface area contributed by atoms with E-state index in [4.69, 9.17) is 0 Å². The van der Waals surface area contributed by atoms with Crippen LogP contribution < -0.4 is 5.32 Å². The highest BCUT2D eigenvalue weighted by Crippen LogP contribution is 2.24. The fourth-order valence-electron chi connectivity index (χ4n) is 2.21. The highest BCUT2D eigenvalue weighted by atomic mass is 16.3. The summed E-state index contributed by atoms with van der Waals surface area (Å²) in [6.07, 6.45) is 4.81. The normalized spacial score (nSPS) is 11.6. The average molecular weight is 253 g/mol. The van der Waals surface area contributed by atoms with Gasteiger partial charge in [0.2, 0.25) is 5.91 Å². The van der Waals surface area contributed by atoms with Crippen LogP contribution in [-0.4, -0.2) is 26.4 Å². The van der Waals surface area contributed by atoms with E-state index in [9.17, 15) is 9.90 Å². The van der Waals surface area contributed by atoms with Gasteiger partial charge in [-0.3, -0.25) is 9.48 Å². The lowest BCUT2D eigenvalue weighted by atomic mass is 9.89. The molecule has 0 aliphatic carbocycles. The van der Waals surface area contributed by atoms with Gasteiger partial charge in [0.25, 0.3) is 0 Å². The molecule has 0 aromatic carbocycles. The number of amides is 1. The first kappa shape index (κ1) is 14.7. The van der Waals surface area contributed by atoms with Crippen molar-refractivity contribution in [2.75, 3.05) is 5.32 Å². The summed E-state index contributed by atoms with van der Waals surface area (Å²) in [6.45, 7) is 4.03. The second-order valence-electron chi connectivity index (χ2n) is 4.79.